The first-order valence-electron chi connectivity index (χ1n) is 6.74. The van der Waals surface area contributed by atoms with E-state index in [-0.39, 0.29) is 11.9 Å². The Balaban J connectivity index is 2.04. The van der Waals surface area contributed by atoms with Crippen LogP contribution in [-0.2, 0) is 4.79 Å². The quantitative estimate of drug-likeness (QED) is 0.729. The van der Waals surface area contributed by atoms with Gasteiger partial charge in [-0.3, -0.25) is 9.78 Å². The van der Waals surface area contributed by atoms with Gasteiger partial charge in [-0.15, -0.1) is 0 Å². The number of rotatable bonds is 5. The average molecular weight is 272 g/mol. The van der Waals surface area contributed by atoms with Gasteiger partial charge < -0.3 is 16.4 Å². The van der Waals surface area contributed by atoms with E-state index in [0.29, 0.717) is 18.7 Å². The van der Waals surface area contributed by atoms with Crippen molar-refractivity contribution in [3.8, 4) is 0 Å². The predicted molar refractivity (Wildman–Crippen MR) is 82.5 cm³/mol. The zero-order valence-corrected chi connectivity index (χ0v) is 11.8. The summed E-state index contributed by atoms with van der Waals surface area (Å²) in [5.41, 5.74) is 8.28. The van der Waals surface area contributed by atoms with E-state index in [1.54, 1.807) is 6.20 Å². The lowest BCUT2D eigenvalue weighted by Crippen LogP contribution is -2.31. The number of benzene rings is 1. The maximum atomic E-state index is 11.6. The Morgan fingerprint density at radius 3 is 2.90 bits per heavy atom. The minimum absolute atomic E-state index is 0.0466. The fourth-order valence-corrected chi connectivity index (χ4v) is 2.05. The van der Waals surface area contributed by atoms with Crippen molar-refractivity contribution in [3.05, 3.63) is 30.5 Å². The van der Waals surface area contributed by atoms with Crippen molar-refractivity contribution in [1.29, 1.82) is 0 Å². The zero-order chi connectivity index (χ0) is 14.5. The van der Waals surface area contributed by atoms with Crippen molar-refractivity contribution in [2.45, 2.75) is 26.3 Å². The fourth-order valence-electron chi connectivity index (χ4n) is 2.05. The molecular weight excluding hydrogens is 252 g/mol. The number of hydrogen-bond donors (Lipinski definition) is 3. The first-order chi connectivity index (χ1) is 9.58. The van der Waals surface area contributed by atoms with Gasteiger partial charge in [0.05, 0.1) is 11.2 Å². The number of carbonyl (C=O) groups excluding carboxylic acids is 1. The fraction of sp³-hybridized carbons (Fsp3) is 0.333. The van der Waals surface area contributed by atoms with Crippen LogP contribution in [0, 0.1) is 0 Å². The molecule has 0 unspecified atom stereocenters. The Bertz CT molecular complexity index is 610. The maximum Gasteiger partial charge on any atom is 0.221 e. The van der Waals surface area contributed by atoms with Gasteiger partial charge in [0.15, 0.2) is 0 Å². The third-order valence-electron chi connectivity index (χ3n) is 2.92. The van der Waals surface area contributed by atoms with Crippen LogP contribution in [0.1, 0.15) is 20.3 Å². The second-order valence-electron chi connectivity index (χ2n) is 5.00. The molecule has 2 aromatic rings. The molecule has 1 aromatic heterocycles. The SMILES string of the molecule is CC(C)NC(=O)CCNc1ccc(N)c2ncccc12. The number of nitrogens with one attached hydrogen (secondary N) is 2. The van der Waals surface area contributed by atoms with E-state index in [2.05, 4.69) is 15.6 Å². The van der Waals surface area contributed by atoms with Crippen LogP contribution in [0.15, 0.2) is 30.5 Å². The highest BCUT2D eigenvalue weighted by Gasteiger charge is 2.06. The van der Waals surface area contributed by atoms with Gasteiger partial charge in [-0.1, -0.05) is 0 Å². The molecular formula is C15H20N4O. The number of nitrogens with two attached hydrogens (primary N) is 1. The molecule has 0 fully saturated rings. The summed E-state index contributed by atoms with van der Waals surface area (Å²) in [4.78, 5) is 15.9. The second-order valence-corrected chi connectivity index (χ2v) is 5.00. The van der Waals surface area contributed by atoms with Gasteiger partial charge in [-0.25, -0.2) is 0 Å². The number of nitrogens with zero attached hydrogens (tertiary/aromatic N) is 1. The molecule has 1 aromatic carbocycles. The normalized spacial score (nSPS) is 10.8. The van der Waals surface area contributed by atoms with Gasteiger partial charge >= 0.3 is 0 Å². The van der Waals surface area contributed by atoms with Crippen molar-refractivity contribution in [3.63, 3.8) is 0 Å². The minimum atomic E-state index is 0.0466. The maximum absolute atomic E-state index is 11.6. The summed E-state index contributed by atoms with van der Waals surface area (Å²) in [5.74, 6) is 0.0466. The highest BCUT2D eigenvalue weighted by Crippen LogP contribution is 2.26. The molecule has 4 N–H and O–H groups in total. The number of carbonyl (C=O) groups is 1. The van der Waals surface area contributed by atoms with Gasteiger partial charge in [-0.2, -0.15) is 0 Å². The topological polar surface area (TPSA) is 80.0 Å². The molecule has 106 valence electrons. The van der Waals surface area contributed by atoms with E-state index >= 15 is 0 Å². The smallest absolute Gasteiger partial charge is 0.221 e. The summed E-state index contributed by atoms with van der Waals surface area (Å²) in [6, 6.07) is 7.75. The summed E-state index contributed by atoms with van der Waals surface area (Å²) in [7, 11) is 0. The lowest BCUT2D eigenvalue weighted by Gasteiger charge is -2.12. The average Bonchev–Trinajstić information content (AvgIpc) is 2.41. The van der Waals surface area contributed by atoms with E-state index in [9.17, 15) is 4.79 Å². The van der Waals surface area contributed by atoms with Crippen LogP contribution in [0.25, 0.3) is 10.9 Å². The third-order valence-corrected chi connectivity index (χ3v) is 2.92. The first kappa shape index (κ1) is 14.1. The van der Waals surface area contributed by atoms with Gasteiger partial charge in [-0.05, 0) is 38.1 Å². The zero-order valence-electron chi connectivity index (χ0n) is 11.8. The highest BCUT2D eigenvalue weighted by atomic mass is 16.1. The van der Waals surface area contributed by atoms with Crippen LogP contribution in [-0.4, -0.2) is 23.5 Å². The molecule has 0 radical (unpaired) electrons. The molecule has 0 aliphatic carbocycles. The lowest BCUT2D eigenvalue weighted by molar-refractivity contribution is -0.121. The number of anilines is 2. The van der Waals surface area contributed by atoms with Crippen molar-refractivity contribution in [2.75, 3.05) is 17.6 Å². The molecule has 0 saturated heterocycles. The monoisotopic (exact) mass is 272 g/mol. The molecule has 5 nitrogen and oxygen atoms in total. The van der Waals surface area contributed by atoms with Crippen LogP contribution >= 0.6 is 0 Å². The molecule has 1 amide bonds. The highest BCUT2D eigenvalue weighted by molar-refractivity contribution is 5.98. The van der Waals surface area contributed by atoms with E-state index < -0.39 is 0 Å². The predicted octanol–water partition coefficient (Wildman–Crippen LogP) is 2.14. The van der Waals surface area contributed by atoms with Crippen molar-refractivity contribution in [1.82, 2.24) is 10.3 Å². The van der Waals surface area contributed by atoms with Crippen molar-refractivity contribution in [2.24, 2.45) is 0 Å². The molecule has 1 heterocycles. The number of pyridine rings is 1. The summed E-state index contributed by atoms with van der Waals surface area (Å²) >= 11 is 0. The van der Waals surface area contributed by atoms with Gasteiger partial charge in [0, 0.05) is 36.3 Å². The Hall–Kier alpha value is -2.30. The Morgan fingerprint density at radius 1 is 1.35 bits per heavy atom. The molecule has 20 heavy (non-hydrogen) atoms. The third kappa shape index (κ3) is 3.38. The van der Waals surface area contributed by atoms with E-state index in [1.165, 1.54) is 0 Å². The molecule has 2 rings (SSSR count). The summed E-state index contributed by atoms with van der Waals surface area (Å²) in [5, 5.41) is 7.10. The summed E-state index contributed by atoms with van der Waals surface area (Å²) in [6.45, 7) is 4.47. The Kier molecular flexibility index (Phi) is 4.40. The van der Waals surface area contributed by atoms with Crippen molar-refractivity contribution < 1.29 is 4.79 Å². The van der Waals surface area contributed by atoms with Crippen molar-refractivity contribution >= 4 is 28.2 Å². The standard InChI is InChI=1S/C15H20N4O/c1-10(2)19-14(20)7-9-17-13-6-5-12(16)15-11(13)4-3-8-18-15/h3-6,8,10,17H,7,9,16H2,1-2H3,(H,19,20). The second kappa shape index (κ2) is 6.23. The van der Waals surface area contributed by atoms with Crippen LogP contribution in [0.4, 0.5) is 11.4 Å². The lowest BCUT2D eigenvalue weighted by atomic mass is 10.1. The van der Waals surface area contributed by atoms with Gasteiger partial charge in [0.25, 0.3) is 0 Å². The molecule has 0 bridgehead atoms. The number of amides is 1. The molecule has 0 saturated carbocycles. The number of fused-ring (bicyclic) bond motifs is 1. The number of aromatic nitrogens is 1. The largest absolute Gasteiger partial charge is 0.397 e. The van der Waals surface area contributed by atoms with Gasteiger partial charge in [0.2, 0.25) is 5.91 Å². The molecule has 0 aliphatic heterocycles. The van der Waals surface area contributed by atoms with E-state index in [1.807, 2.05) is 38.1 Å². The minimum Gasteiger partial charge on any atom is -0.397 e. The molecule has 5 heteroatoms. The van der Waals surface area contributed by atoms with Crippen LogP contribution < -0.4 is 16.4 Å². The molecule has 0 atom stereocenters. The molecule has 0 aliphatic rings. The summed E-state index contributed by atoms with van der Waals surface area (Å²) < 4.78 is 0. The van der Waals surface area contributed by atoms with Crippen LogP contribution in [0.2, 0.25) is 0 Å². The van der Waals surface area contributed by atoms with Crippen LogP contribution in [0.3, 0.4) is 0 Å². The number of nitrogen functional groups attached to an aromatic ring is 1. The van der Waals surface area contributed by atoms with E-state index in [4.69, 9.17) is 5.73 Å². The Morgan fingerprint density at radius 2 is 2.15 bits per heavy atom. The Labute approximate surface area is 118 Å². The molecule has 0 spiro atoms. The van der Waals surface area contributed by atoms with Crippen LogP contribution in [0.5, 0.6) is 0 Å². The summed E-state index contributed by atoms with van der Waals surface area (Å²) in [6.07, 6.45) is 2.16. The number of hydrogen-bond acceptors (Lipinski definition) is 4. The first-order valence-corrected chi connectivity index (χ1v) is 6.74. The van der Waals surface area contributed by atoms with Gasteiger partial charge in [0.1, 0.15) is 0 Å². The van der Waals surface area contributed by atoms with E-state index in [0.717, 1.165) is 16.6 Å².